The molecule has 1 aromatic heterocycles. The Labute approximate surface area is 128 Å². The number of aliphatic hydroxyl groups is 1. The average Bonchev–Trinajstić information content (AvgIpc) is 2.79. The van der Waals surface area contributed by atoms with E-state index >= 15 is 0 Å². The van der Waals surface area contributed by atoms with Gasteiger partial charge in [-0.3, -0.25) is 4.68 Å². The molecule has 0 aliphatic heterocycles. The molecule has 0 bridgehead atoms. The molecule has 1 aromatic carbocycles. The van der Waals surface area contributed by atoms with Gasteiger partial charge in [0.1, 0.15) is 12.2 Å². The van der Waals surface area contributed by atoms with E-state index in [1.165, 1.54) is 0 Å². The van der Waals surface area contributed by atoms with Crippen LogP contribution in [0, 0.1) is 0 Å². The first-order valence-corrected chi connectivity index (χ1v) is 7.63. The lowest BCUT2D eigenvalue weighted by molar-refractivity contribution is 0.0575. The first-order chi connectivity index (χ1) is 9.50. The molecule has 1 N–H and O–H groups in total. The standard InChI is InChI=1S/C15H20BrN3O/c1-3-8-19-14(17-11-18-19)10-15(2,20)9-12-4-6-13(16)7-5-12/h4-7,11,20H,3,8-10H2,1-2H3. The largest absolute Gasteiger partial charge is 0.389 e. The topological polar surface area (TPSA) is 50.9 Å². The van der Waals surface area contributed by atoms with Gasteiger partial charge in [0.2, 0.25) is 0 Å². The Morgan fingerprint density at radius 1 is 1.25 bits per heavy atom. The molecular formula is C15H20BrN3O. The summed E-state index contributed by atoms with van der Waals surface area (Å²) in [5.74, 6) is 0.842. The third kappa shape index (κ3) is 4.15. The molecule has 0 aliphatic carbocycles. The molecule has 1 unspecified atom stereocenters. The molecule has 0 spiro atoms. The molecule has 20 heavy (non-hydrogen) atoms. The second-order valence-electron chi connectivity index (χ2n) is 5.38. The Balaban J connectivity index is 2.06. The summed E-state index contributed by atoms with van der Waals surface area (Å²) in [4.78, 5) is 4.26. The third-order valence-corrected chi connectivity index (χ3v) is 3.70. The van der Waals surface area contributed by atoms with Crippen molar-refractivity contribution >= 4 is 15.9 Å². The van der Waals surface area contributed by atoms with Crippen molar-refractivity contribution in [3.05, 3.63) is 46.5 Å². The van der Waals surface area contributed by atoms with Gasteiger partial charge in [-0.2, -0.15) is 5.10 Å². The van der Waals surface area contributed by atoms with Crippen LogP contribution in [0.15, 0.2) is 35.1 Å². The molecule has 0 saturated carbocycles. The number of rotatable bonds is 6. The van der Waals surface area contributed by atoms with Gasteiger partial charge in [0.25, 0.3) is 0 Å². The fourth-order valence-corrected chi connectivity index (χ4v) is 2.53. The van der Waals surface area contributed by atoms with Crippen LogP contribution in [-0.2, 0) is 19.4 Å². The minimum atomic E-state index is -0.827. The summed E-state index contributed by atoms with van der Waals surface area (Å²) in [7, 11) is 0. The van der Waals surface area contributed by atoms with Crippen molar-refractivity contribution in [1.82, 2.24) is 14.8 Å². The molecule has 0 aliphatic rings. The number of halogens is 1. The number of hydrogen-bond acceptors (Lipinski definition) is 3. The van der Waals surface area contributed by atoms with E-state index in [9.17, 15) is 5.11 Å². The smallest absolute Gasteiger partial charge is 0.138 e. The van der Waals surface area contributed by atoms with Crippen LogP contribution in [0.25, 0.3) is 0 Å². The number of hydrogen-bond donors (Lipinski definition) is 1. The molecule has 1 atom stereocenters. The van der Waals surface area contributed by atoms with E-state index in [1.807, 2.05) is 35.9 Å². The maximum atomic E-state index is 10.6. The lowest BCUT2D eigenvalue weighted by Gasteiger charge is -2.23. The Hall–Kier alpha value is -1.20. The molecule has 4 nitrogen and oxygen atoms in total. The summed E-state index contributed by atoms with van der Waals surface area (Å²) in [6.45, 7) is 4.79. The fourth-order valence-electron chi connectivity index (χ4n) is 2.27. The first-order valence-electron chi connectivity index (χ1n) is 6.84. The van der Waals surface area contributed by atoms with Gasteiger partial charge in [-0.1, -0.05) is 35.0 Å². The number of benzene rings is 1. The lowest BCUT2D eigenvalue weighted by atomic mass is 9.93. The lowest BCUT2D eigenvalue weighted by Crippen LogP contribution is -2.31. The highest BCUT2D eigenvalue weighted by molar-refractivity contribution is 9.10. The van der Waals surface area contributed by atoms with E-state index in [0.717, 1.165) is 28.8 Å². The van der Waals surface area contributed by atoms with E-state index in [1.54, 1.807) is 6.33 Å². The van der Waals surface area contributed by atoms with Crippen molar-refractivity contribution in [3.8, 4) is 0 Å². The third-order valence-electron chi connectivity index (χ3n) is 3.17. The van der Waals surface area contributed by atoms with E-state index in [4.69, 9.17) is 0 Å². The van der Waals surface area contributed by atoms with Crippen LogP contribution >= 0.6 is 15.9 Å². The quantitative estimate of drug-likeness (QED) is 0.881. The summed E-state index contributed by atoms with van der Waals surface area (Å²) in [5.41, 5.74) is 0.284. The predicted octanol–water partition coefficient (Wildman–Crippen LogP) is 2.99. The van der Waals surface area contributed by atoms with Gasteiger partial charge in [0.05, 0.1) is 5.60 Å². The zero-order valence-electron chi connectivity index (χ0n) is 11.9. The Morgan fingerprint density at radius 2 is 1.95 bits per heavy atom. The monoisotopic (exact) mass is 337 g/mol. The number of nitrogens with zero attached hydrogens (tertiary/aromatic N) is 3. The van der Waals surface area contributed by atoms with Crippen molar-refractivity contribution < 1.29 is 5.11 Å². The van der Waals surface area contributed by atoms with Crippen molar-refractivity contribution in [1.29, 1.82) is 0 Å². The van der Waals surface area contributed by atoms with Gasteiger partial charge in [-0.05, 0) is 31.0 Å². The summed E-state index contributed by atoms with van der Waals surface area (Å²) in [6.07, 6.45) is 3.66. The summed E-state index contributed by atoms with van der Waals surface area (Å²) < 4.78 is 2.92. The molecule has 0 amide bonds. The van der Waals surface area contributed by atoms with Gasteiger partial charge in [-0.25, -0.2) is 4.98 Å². The summed E-state index contributed by atoms with van der Waals surface area (Å²) in [5, 5.41) is 14.8. The van der Waals surface area contributed by atoms with E-state index in [-0.39, 0.29) is 0 Å². The number of aromatic nitrogens is 3. The minimum absolute atomic E-state index is 0.503. The maximum Gasteiger partial charge on any atom is 0.138 e. The van der Waals surface area contributed by atoms with E-state index < -0.39 is 5.60 Å². The van der Waals surface area contributed by atoms with Crippen LogP contribution in [0.2, 0.25) is 0 Å². The normalized spacial score (nSPS) is 14.2. The fraction of sp³-hybridized carbons (Fsp3) is 0.467. The van der Waals surface area contributed by atoms with Gasteiger partial charge in [0, 0.05) is 23.9 Å². The molecular weight excluding hydrogens is 318 g/mol. The molecule has 5 heteroatoms. The first kappa shape index (κ1) is 15.2. The number of aryl methyl sites for hydroxylation is 1. The van der Waals surface area contributed by atoms with E-state index in [0.29, 0.717) is 12.8 Å². The highest BCUT2D eigenvalue weighted by Gasteiger charge is 2.24. The van der Waals surface area contributed by atoms with Crippen molar-refractivity contribution in [2.45, 2.75) is 45.3 Å². The highest BCUT2D eigenvalue weighted by Crippen LogP contribution is 2.19. The molecule has 0 fully saturated rings. The van der Waals surface area contributed by atoms with Crippen LogP contribution in [0.4, 0.5) is 0 Å². The van der Waals surface area contributed by atoms with Gasteiger partial charge >= 0.3 is 0 Å². The molecule has 0 saturated heterocycles. The van der Waals surface area contributed by atoms with E-state index in [2.05, 4.69) is 32.9 Å². The van der Waals surface area contributed by atoms with Gasteiger partial charge in [-0.15, -0.1) is 0 Å². The zero-order chi connectivity index (χ0) is 14.6. The molecule has 2 rings (SSSR count). The van der Waals surface area contributed by atoms with Crippen LogP contribution in [0.5, 0.6) is 0 Å². The van der Waals surface area contributed by atoms with Crippen LogP contribution in [0.1, 0.15) is 31.7 Å². The van der Waals surface area contributed by atoms with Crippen LogP contribution in [0.3, 0.4) is 0 Å². The summed E-state index contributed by atoms with van der Waals surface area (Å²) in [6, 6.07) is 8.03. The minimum Gasteiger partial charge on any atom is -0.389 e. The molecule has 108 valence electrons. The zero-order valence-corrected chi connectivity index (χ0v) is 13.5. The molecule has 2 aromatic rings. The molecule has 1 heterocycles. The second-order valence-corrected chi connectivity index (χ2v) is 6.29. The Morgan fingerprint density at radius 3 is 2.60 bits per heavy atom. The van der Waals surface area contributed by atoms with Crippen molar-refractivity contribution in [2.75, 3.05) is 0 Å². The highest BCUT2D eigenvalue weighted by atomic mass is 79.9. The SMILES string of the molecule is CCCn1ncnc1CC(C)(O)Cc1ccc(Br)cc1. The predicted molar refractivity (Wildman–Crippen MR) is 82.5 cm³/mol. The summed E-state index contributed by atoms with van der Waals surface area (Å²) >= 11 is 3.42. The second kappa shape index (κ2) is 6.50. The molecule has 0 radical (unpaired) electrons. The van der Waals surface area contributed by atoms with Gasteiger partial charge < -0.3 is 5.11 Å². The van der Waals surface area contributed by atoms with Gasteiger partial charge in [0.15, 0.2) is 0 Å². The van der Waals surface area contributed by atoms with Crippen molar-refractivity contribution in [3.63, 3.8) is 0 Å². The Bertz CT molecular complexity index is 549. The van der Waals surface area contributed by atoms with Crippen LogP contribution in [-0.4, -0.2) is 25.5 Å². The average molecular weight is 338 g/mol. The Kier molecular flexibility index (Phi) is 4.94. The van der Waals surface area contributed by atoms with Crippen molar-refractivity contribution in [2.24, 2.45) is 0 Å². The maximum absolute atomic E-state index is 10.6. The van der Waals surface area contributed by atoms with Crippen LogP contribution < -0.4 is 0 Å².